The highest BCUT2D eigenvalue weighted by Crippen LogP contribution is 2.21. The average Bonchev–Trinajstić information content (AvgIpc) is 2.82. The molecule has 5 nitrogen and oxygen atoms in total. The Bertz CT molecular complexity index is 510. The third-order valence-corrected chi connectivity index (χ3v) is 2.48. The minimum absolute atomic E-state index is 0.237. The monoisotopic (exact) mass is 218 g/mol. The van der Waals surface area contributed by atoms with E-state index in [-0.39, 0.29) is 6.04 Å². The molecule has 0 aliphatic rings. The van der Waals surface area contributed by atoms with E-state index < -0.39 is 0 Å². The third kappa shape index (κ3) is 1.64. The molecule has 0 N–H and O–H groups in total. The Labute approximate surface area is 93.7 Å². The molecule has 0 aliphatic carbocycles. The Hall–Kier alpha value is -1.91. The van der Waals surface area contributed by atoms with Gasteiger partial charge in [-0.1, -0.05) is 0 Å². The molecule has 0 radical (unpaired) electrons. The van der Waals surface area contributed by atoms with Crippen molar-refractivity contribution in [2.45, 2.75) is 19.9 Å². The van der Waals surface area contributed by atoms with E-state index in [1.807, 2.05) is 27.0 Å². The van der Waals surface area contributed by atoms with Crippen LogP contribution in [0.5, 0.6) is 0 Å². The normalized spacial score (nSPS) is 11.0. The Morgan fingerprint density at radius 1 is 1.44 bits per heavy atom. The van der Waals surface area contributed by atoms with Gasteiger partial charge in [-0.15, -0.1) is 0 Å². The number of hydrogen-bond acceptors (Lipinski definition) is 3. The first-order valence-corrected chi connectivity index (χ1v) is 5.16. The molecule has 0 saturated heterocycles. The van der Waals surface area contributed by atoms with Crippen LogP contribution in [0.3, 0.4) is 0 Å². The van der Waals surface area contributed by atoms with Crippen LogP contribution in [0.15, 0.2) is 18.5 Å². The second-order valence-electron chi connectivity index (χ2n) is 3.96. The number of carbonyl (C=O) groups excluding carboxylic acids is 1. The fourth-order valence-corrected chi connectivity index (χ4v) is 1.56. The SMILES string of the molecule is CC(C)n1cc(C=O)c(-c2ccnn2C)n1. The van der Waals surface area contributed by atoms with Crippen LogP contribution < -0.4 is 0 Å². The van der Waals surface area contributed by atoms with Crippen LogP contribution in [0.1, 0.15) is 30.2 Å². The lowest BCUT2D eigenvalue weighted by Crippen LogP contribution is -2.01. The van der Waals surface area contributed by atoms with E-state index in [0.717, 1.165) is 12.0 Å². The highest BCUT2D eigenvalue weighted by Gasteiger charge is 2.14. The van der Waals surface area contributed by atoms with E-state index in [1.165, 1.54) is 0 Å². The van der Waals surface area contributed by atoms with Gasteiger partial charge in [0.15, 0.2) is 6.29 Å². The topological polar surface area (TPSA) is 52.7 Å². The molecular formula is C11H14N4O. The van der Waals surface area contributed by atoms with Crippen LogP contribution in [-0.4, -0.2) is 25.8 Å². The van der Waals surface area contributed by atoms with Gasteiger partial charge in [0.05, 0.1) is 11.3 Å². The maximum Gasteiger partial charge on any atom is 0.153 e. The summed E-state index contributed by atoms with van der Waals surface area (Å²) in [5.74, 6) is 0. The van der Waals surface area contributed by atoms with Crippen molar-refractivity contribution in [3.8, 4) is 11.4 Å². The first-order chi connectivity index (χ1) is 7.63. The Kier molecular flexibility index (Phi) is 2.60. The van der Waals surface area contributed by atoms with Gasteiger partial charge in [-0.05, 0) is 19.9 Å². The second-order valence-corrected chi connectivity index (χ2v) is 3.96. The van der Waals surface area contributed by atoms with Gasteiger partial charge in [-0.25, -0.2) is 0 Å². The van der Waals surface area contributed by atoms with Crippen LogP contribution in [0.25, 0.3) is 11.4 Å². The summed E-state index contributed by atoms with van der Waals surface area (Å²) in [5.41, 5.74) is 2.13. The standard InChI is InChI=1S/C11H14N4O/c1-8(2)15-6-9(7-16)11(13-15)10-4-5-12-14(10)3/h4-8H,1-3H3. The molecule has 2 rings (SSSR count). The second kappa shape index (κ2) is 3.92. The van der Waals surface area contributed by atoms with E-state index in [2.05, 4.69) is 10.2 Å². The number of aryl methyl sites for hydroxylation is 1. The van der Waals surface area contributed by atoms with Gasteiger partial charge >= 0.3 is 0 Å². The molecule has 0 spiro atoms. The zero-order valence-electron chi connectivity index (χ0n) is 9.58. The van der Waals surface area contributed by atoms with Crippen LogP contribution >= 0.6 is 0 Å². The predicted molar refractivity (Wildman–Crippen MR) is 60.2 cm³/mol. The Morgan fingerprint density at radius 2 is 2.19 bits per heavy atom. The zero-order valence-corrected chi connectivity index (χ0v) is 9.58. The highest BCUT2D eigenvalue weighted by atomic mass is 16.1. The van der Waals surface area contributed by atoms with Gasteiger partial charge in [0.1, 0.15) is 5.69 Å². The summed E-state index contributed by atoms with van der Waals surface area (Å²) < 4.78 is 3.49. The maximum absolute atomic E-state index is 11.0. The molecule has 0 fully saturated rings. The van der Waals surface area contributed by atoms with Crippen LogP contribution in [0, 0.1) is 0 Å². The van der Waals surface area contributed by atoms with Gasteiger partial charge in [-0.2, -0.15) is 10.2 Å². The number of aldehydes is 1. The van der Waals surface area contributed by atoms with Crippen molar-refractivity contribution in [2.75, 3.05) is 0 Å². The van der Waals surface area contributed by atoms with E-state index >= 15 is 0 Å². The quantitative estimate of drug-likeness (QED) is 0.736. The molecule has 0 amide bonds. The summed E-state index contributed by atoms with van der Waals surface area (Å²) in [6.07, 6.45) is 4.28. The molecule has 0 aliphatic heterocycles. The molecular weight excluding hydrogens is 204 g/mol. The molecule has 16 heavy (non-hydrogen) atoms. The van der Waals surface area contributed by atoms with Crippen molar-refractivity contribution in [2.24, 2.45) is 7.05 Å². The average molecular weight is 218 g/mol. The number of rotatable bonds is 3. The number of hydrogen-bond donors (Lipinski definition) is 0. The van der Waals surface area contributed by atoms with Crippen molar-refractivity contribution in [3.63, 3.8) is 0 Å². The molecule has 0 unspecified atom stereocenters. The summed E-state index contributed by atoms with van der Waals surface area (Å²) in [4.78, 5) is 11.0. The van der Waals surface area contributed by atoms with Crippen molar-refractivity contribution in [3.05, 3.63) is 24.0 Å². The van der Waals surface area contributed by atoms with Crippen LogP contribution in [0.2, 0.25) is 0 Å². The lowest BCUT2D eigenvalue weighted by molar-refractivity contribution is 0.112. The molecule has 0 saturated carbocycles. The molecule has 2 aromatic heterocycles. The molecule has 0 aromatic carbocycles. The smallest absolute Gasteiger partial charge is 0.153 e. The van der Waals surface area contributed by atoms with E-state index in [4.69, 9.17) is 0 Å². The van der Waals surface area contributed by atoms with E-state index in [9.17, 15) is 4.79 Å². The molecule has 84 valence electrons. The van der Waals surface area contributed by atoms with Crippen LogP contribution in [0.4, 0.5) is 0 Å². The summed E-state index contributed by atoms with van der Waals surface area (Å²) in [5, 5.41) is 8.48. The highest BCUT2D eigenvalue weighted by molar-refractivity contribution is 5.84. The van der Waals surface area contributed by atoms with Gasteiger partial charge in [0.25, 0.3) is 0 Å². The molecule has 2 aromatic rings. The van der Waals surface area contributed by atoms with Gasteiger partial charge in [-0.3, -0.25) is 14.2 Å². The molecule has 5 heteroatoms. The van der Waals surface area contributed by atoms with Crippen molar-refractivity contribution in [1.82, 2.24) is 19.6 Å². The molecule has 0 atom stereocenters. The summed E-state index contributed by atoms with van der Waals surface area (Å²) in [7, 11) is 1.83. The maximum atomic E-state index is 11.0. The molecule has 2 heterocycles. The predicted octanol–water partition coefficient (Wildman–Crippen LogP) is 1.68. The summed E-state index contributed by atoms with van der Waals surface area (Å²) in [6, 6.07) is 2.08. The zero-order chi connectivity index (χ0) is 11.7. The Morgan fingerprint density at radius 3 is 2.69 bits per heavy atom. The lowest BCUT2D eigenvalue weighted by Gasteiger charge is -2.03. The third-order valence-electron chi connectivity index (χ3n) is 2.48. The van der Waals surface area contributed by atoms with Crippen molar-refractivity contribution < 1.29 is 4.79 Å². The van der Waals surface area contributed by atoms with Crippen LogP contribution in [-0.2, 0) is 7.05 Å². The fraction of sp³-hybridized carbons (Fsp3) is 0.364. The number of aromatic nitrogens is 4. The van der Waals surface area contributed by atoms with Crippen molar-refractivity contribution >= 4 is 6.29 Å². The number of carbonyl (C=O) groups is 1. The van der Waals surface area contributed by atoms with E-state index in [1.54, 1.807) is 21.8 Å². The van der Waals surface area contributed by atoms with Gasteiger partial charge < -0.3 is 0 Å². The summed E-state index contributed by atoms with van der Waals surface area (Å²) in [6.45, 7) is 4.04. The fourth-order valence-electron chi connectivity index (χ4n) is 1.56. The minimum atomic E-state index is 0.237. The Balaban J connectivity index is 2.56. The minimum Gasteiger partial charge on any atom is -0.298 e. The first-order valence-electron chi connectivity index (χ1n) is 5.16. The van der Waals surface area contributed by atoms with Gasteiger partial charge in [0, 0.05) is 25.5 Å². The largest absolute Gasteiger partial charge is 0.298 e. The molecule has 0 bridgehead atoms. The lowest BCUT2D eigenvalue weighted by atomic mass is 10.2. The van der Waals surface area contributed by atoms with Gasteiger partial charge in [0.2, 0.25) is 0 Å². The van der Waals surface area contributed by atoms with Crippen molar-refractivity contribution in [1.29, 1.82) is 0 Å². The van der Waals surface area contributed by atoms with E-state index in [0.29, 0.717) is 11.3 Å². The summed E-state index contributed by atoms with van der Waals surface area (Å²) >= 11 is 0. The first kappa shape index (κ1) is 10.6. The number of nitrogens with zero attached hydrogens (tertiary/aromatic N) is 4.